The van der Waals surface area contributed by atoms with Crippen molar-refractivity contribution in [2.24, 2.45) is 0 Å². The normalized spacial score (nSPS) is 11.7. The van der Waals surface area contributed by atoms with E-state index in [0.717, 1.165) is 16.5 Å². The largest absolute Gasteiger partial charge is 0.340 e. The van der Waals surface area contributed by atoms with Crippen molar-refractivity contribution in [2.45, 2.75) is 11.8 Å². The fraction of sp³-hybridized carbons (Fsp3) is 0.136. The monoisotopic (exact) mass is 419 g/mol. The molecule has 2 heterocycles. The van der Waals surface area contributed by atoms with Gasteiger partial charge in [0.15, 0.2) is 5.82 Å². The van der Waals surface area contributed by atoms with Crippen molar-refractivity contribution >= 4 is 32.4 Å². The van der Waals surface area contributed by atoms with Crippen LogP contribution in [0.15, 0.2) is 71.9 Å². The van der Waals surface area contributed by atoms with Gasteiger partial charge in [0, 0.05) is 43.1 Å². The van der Waals surface area contributed by atoms with E-state index in [1.165, 1.54) is 18.4 Å². The van der Waals surface area contributed by atoms with Gasteiger partial charge in [-0.1, -0.05) is 18.2 Å². The van der Waals surface area contributed by atoms with Gasteiger partial charge < -0.3 is 5.32 Å². The highest BCUT2D eigenvalue weighted by Gasteiger charge is 2.20. The average Bonchev–Trinajstić information content (AvgIpc) is 2.75. The molecule has 30 heavy (non-hydrogen) atoms. The van der Waals surface area contributed by atoms with Gasteiger partial charge in [-0.15, -0.1) is 0 Å². The molecule has 0 atom stereocenters. The number of sulfonamides is 1. The average molecular weight is 420 g/mol. The van der Waals surface area contributed by atoms with Crippen LogP contribution in [0.3, 0.4) is 0 Å². The number of aryl methyl sites for hydroxylation is 1. The van der Waals surface area contributed by atoms with E-state index in [0.29, 0.717) is 22.9 Å². The smallest absolute Gasteiger partial charge is 0.242 e. The summed E-state index contributed by atoms with van der Waals surface area (Å²) in [5, 5.41) is 4.12. The molecule has 0 saturated heterocycles. The molecule has 0 amide bonds. The van der Waals surface area contributed by atoms with Crippen molar-refractivity contribution in [2.75, 3.05) is 19.4 Å². The first kappa shape index (κ1) is 19.9. The molecule has 0 aliphatic rings. The van der Waals surface area contributed by atoms with E-state index >= 15 is 0 Å². The Morgan fingerprint density at radius 1 is 0.967 bits per heavy atom. The lowest BCUT2D eigenvalue weighted by molar-refractivity contribution is 0.520. The molecule has 4 rings (SSSR count). The molecule has 0 aliphatic heterocycles. The first-order valence-corrected chi connectivity index (χ1v) is 10.8. The van der Waals surface area contributed by atoms with E-state index in [4.69, 9.17) is 4.98 Å². The summed E-state index contributed by atoms with van der Waals surface area (Å²) in [6, 6.07) is 16.7. The number of aromatic nitrogens is 3. The molecule has 0 unspecified atom stereocenters. The van der Waals surface area contributed by atoms with E-state index in [-0.39, 0.29) is 4.90 Å². The van der Waals surface area contributed by atoms with Gasteiger partial charge in [0.1, 0.15) is 5.82 Å². The second-order valence-electron chi connectivity index (χ2n) is 7.05. The molecule has 0 aliphatic carbocycles. The van der Waals surface area contributed by atoms with Crippen LogP contribution in [-0.4, -0.2) is 41.8 Å². The van der Waals surface area contributed by atoms with E-state index < -0.39 is 10.0 Å². The van der Waals surface area contributed by atoms with Gasteiger partial charge in [-0.2, -0.15) is 0 Å². The molecule has 2 aromatic carbocycles. The molecular weight excluding hydrogens is 398 g/mol. The van der Waals surface area contributed by atoms with E-state index in [9.17, 15) is 8.42 Å². The third-order valence-corrected chi connectivity index (χ3v) is 6.69. The molecule has 0 bridgehead atoms. The number of nitrogens with one attached hydrogen (secondary N) is 1. The highest BCUT2D eigenvalue weighted by atomic mass is 32.2. The second-order valence-corrected chi connectivity index (χ2v) is 9.17. The number of rotatable bonds is 5. The standard InChI is InChI=1S/C22H21N5O2S/c1-15-10-11-17(13-20(15)30(28,29)27(2)3)24-22-18-8-4-5-9-19(18)25-21(26-22)16-7-6-12-23-14-16/h4-14H,1-3H3,(H,24,25,26). The Morgan fingerprint density at radius 2 is 1.77 bits per heavy atom. The molecule has 0 spiro atoms. The number of hydrogen-bond acceptors (Lipinski definition) is 6. The minimum Gasteiger partial charge on any atom is -0.340 e. The van der Waals surface area contributed by atoms with Gasteiger partial charge in [-0.05, 0) is 48.9 Å². The molecule has 7 nitrogen and oxygen atoms in total. The SMILES string of the molecule is Cc1ccc(Nc2nc(-c3cccnc3)nc3ccccc23)cc1S(=O)(=O)N(C)C. The molecular formula is C22H21N5O2S. The van der Waals surface area contributed by atoms with Crippen LogP contribution in [0.25, 0.3) is 22.3 Å². The number of benzene rings is 2. The van der Waals surface area contributed by atoms with Crippen molar-refractivity contribution in [1.82, 2.24) is 19.3 Å². The summed E-state index contributed by atoms with van der Waals surface area (Å²) in [5.41, 5.74) is 2.88. The lowest BCUT2D eigenvalue weighted by Crippen LogP contribution is -2.23. The minimum absolute atomic E-state index is 0.253. The van der Waals surface area contributed by atoms with Crippen molar-refractivity contribution in [3.8, 4) is 11.4 Å². The lowest BCUT2D eigenvalue weighted by Gasteiger charge is -2.16. The molecule has 0 saturated carbocycles. The Hall–Kier alpha value is -3.36. The molecule has 2 aromatic heterocycles. The predicted molar refractivity (Wildman–Crippen MR) is 118 cm³/mol. The number of pyridine rings is 1. The third kappa shape index (κ3) is 3.74. The summed E-state index contributed by atoms with van der Waals surface area (Å²) in [7, 11) is -0.522. The van der Waals surface area contributed by atoms with Gasteiger partial charge in [0.2, 0.25) is 10.0 Å². The van der Waals surface area contributed by atoms with Crippen LogP contribution in [0.1, 0.15) is 5.56 Å². The molecule has 0 fully saturated rings. The van der Waals surface area contributed by atoms with Crippen LogP contribution in [0.5, 0.6) is 0 Å². The fourth-order valence-corrected chi connectivity index (χ4v) is 4.23. The van der Waals surface area contributed by atoms with Gasteiger partial charge in [-0.25, -0.2) is 22.7 Å². The van der Waals surface area contributed by atoms with Gasteiger partial charge in [0.25, 0.3) is 0 Å². The number of para-hydroxylation sites is 1. The van der Waals surface area contributed by atoms with Gasteiger partial charge >= 0.3 is 0 Å². The van der Waals surface area contributed by atoms with Crippen LogP contribution in [0.4, 0.5) is 11.5 Å². The second kappa shape index (κ2) is 7.81. The van der Waals surface area contributed by atoms with E-state index in [1.807, 2.05) is 42.5 Å². The van der Waals surface area contributed by atoms with Gasteiger partial charge in [-0.3, -0.25) is 4.98 Å². The predicted octanol–water partition coefficient (Wildman–Crippen LogP) is 3.99. The maximum Gasteiger partial charge on any atom is 0.242 e. The van der Waals surface area contributed by atoms with Crippen molar-refractivity contribution in [1.29, 1.82) is 0 Å². The minimum atomic E-state index is -3.56. The zero-order chi connectivity index (χ0) is 21.3. The van der Waals surface area contributed by atoms with Crippen LogP contribution < -0.4 is 5.32 Å². The van der Waals surface area contributed by atoms with Crippen LogP contribution >= 0.6 is 0 Å². The molecule has 152 valence electrons. The number of fused-ring (bicyclic) bond motifs is 1. The topological polar surface area (TPSA) is 88.1 Å². The zero-order valence-corrected chi connectivity index (χ0v) is 17.7. The van der Waals surface area contributed by atoms with Crippen molar-refractivity contribution in [3.05, 3.63) is 72.6 Å². The quantitative estimate of drug-likeness (QED) is 0.526. The number of nitrogens with zero attached hydrogens (tertiary/aromatic N) is 4. The summed E-state index contributed by atoms with van der Waals surface area (Å²) < 4.78 is 26.6. The summed E-state index contributed by atoms with van der Waals surface area (Å²) >= 11 is 0. The first-order chi connectivity index (χ1) is 14.4. The van der Waals surface area contributed by atoms with Crippen LogP contribution in [-0.2, 0) is 10.0 Å². The summed E-state index contributed by atoms with van der Waals surface area (Å²) in [6.45, 7) is 1.78. The Labute approximate surface area is 175 Å². The highest BCUT2D eigenvalue weighted by Crippen LogP contribution is 2.29. The van der Waals surface area contributed by atoms with Crippen LogP contribution in [0, 0.1) is 6.92 Å². The first-order valence-electron chi connectivity index (χ1n) is 9.33. The van der Waals surface area contributed by atoms with Crippen molar-refractivity contribution in [3.63, 3.8) is 0 Å². The number of hydrogen-bond donors (Lipinski definition) is 1. The van der Waals surface area contributed by atoms with Crippen LogP contribution in [0.2, 0.25) is 0 Å². The maximum atomic E-state index is 12.7. The molecule has 4 aromatic rings. The maximum absolute atomic E-state index is 12.7. The Kier molecular flexibility index (Phi) is 5.19. The Balaban J connectivity index is 1.83. The van der Waals surface area contributed by atoms with E-state index in [2.05, 4.69) is 15.3 Å². The number of anilines is 2. The summed E-state index contributed by atoms with van der Waals surface area (Å²) in [4.78, 5) is 13.7. The molecule has 0 radical (unpaired) electrons. The molecule has 1 N–H and O–H groups in total. The van der Waals surface area contributed by atoms with Crippen molar-refractivity contribution < 1.29 is 8.42 Å². The molecule has 8 heteroatoms. The fourth-order valence-electron chi connectivity index (χ4n) is 3.09. The third-order valence-electron chi connectivity index (χ3n) is 4.73. The summed E-state index contributed by atoms with van der Waals surface area (Å²) in [5.74, 6) is 1.13. The Morgan fingerprint density at radius 3 is 2.50 bits per heavy atom. The lowest BCUT2D eigenvalue weighted by atomic mass is 10.2. The van der Waals surface area contributed by atoms with Gasteiger partial charge in [0.05, 0.1) is 10.4 Å². The highest BCUT2D eigenvalue weighted by molar-refractivity contribution is 7.89. The zero-order valence-electron chi connectivity index (χ0n) is 16.9. The summed E-state index contributed by atoms with van der Waals surface area (Å²) in [6.07, 6.45) is 3.41. The van der Waals surface area contributed by atoms with E-state index in [1.54, 1.807) is 31.5 Å². The Bertz CT molecular complexity index is 1320.